The lowest BCUT2D eigenvalue weighted by atomic mass is 10.2. The van der Waals surface area contributed by atoms with Crippen LogP contribution in [0.1, 0.15) is 19.0 Å². The molecule has 3 rings (SSSR count). The molecule has 0 aliphatic heterocycles. The van der Waals surface area contributed by atoms with Crippen LogP contribution in [-0.4, -0.2) is 33.9 Å². The Morgan fingerprint density at radius 2 is 2.15 bits per heavy atom. The van der Waals surface area contributed by atoms with E-state index in [2.05, 4.69) is 17.2 Å². The van der Waals surface area contributed by atoms with Crippen molar-refractivity contribution >= 4 is 29.0 Å². The number of aromatic nitrogens is 2. The molecule has 2 heterocycles. The summed E-state index contributed by atoms with van der Waals surface area (Å²) >= 11 is 1.62. The summed E-state index contributed by atoms with van der Waals surface area (Å²) in [5.74, 6) is 2.57. The molecule has 0 bridgehead atoms. The number of rotatable bonds is 9. The van der Waals surface area contributed by atoms with Crippen LogP contribution in [0.4, 0.5) is 5.69 Å². The highest BCUT2D eigenvalue weighted by molar-refractivity contribution is 7.99. The molecule has 27 heavy (non-hydrogen) atoms. The van der Waals surface area contributed by atoms with E-state index in [0.29, 0.717) is 29.5 Å². The highest BCUT2D eigenvalue weighted by Gasteiger charge is 2.10. The smallest absolute Gasteiger partial charge is 0.234 e. The summed E-state index contributed by atoms with van der Waals surface area (Å²) in [6, 6.07) is 11.2. The van der Waals surface area contributed by atoms with E-state index in [1.54, 1.807) is 37.1 Å². The van der Waals surface area contributed by atoms with Gasteiger partial charge in [0.2, 0.25) is 5.91 Å². The van der Waals surface area contributed by atoms with Gasteiger partial charge in [-0.05, 0) is 36.4 Å². The molecule has 3 aromatic rings. The zero-order chi connectivity index (χ0) is 19.1. The van der Waals surface area contributed by atoms with Crippen molar-refractivity contribution in [2.45, 2.75) is 20.0 Å². The number of carbonyl (C=O) groups excluding carboxylic acids is 1. The molecule has 2 aromatic heterocycles. The van der Waals surface area contributed by atoms with E-state index in [1.807, 2.05) is 35.0 Å². The third-order valence-corrected chi connectivity index (χ3v) is 4.98. The number of amides is 1. The molecule has 142 valence electrons. The Bertz CT molecular complexity index is 877. The number of nitrogens with zero attached hydrogens (tertiary/aromatic N) is 2. The van der Waals surface area contributed by atoms with Crippen LogP contribution in [0.2, 0.25) is 0 Å². The number of imidazole rings is 1. The van der Waals surface area contributed by atoms with Crippen LogP contribution in [0.3, 0.4) is 0 Å². The minimum absolute atomic E-state index is 0.0232. The van der Waals surface area contributed by atoms with Crippen molar-refractivity contribution in [2.75, 3.05) is 23.9 Å². The number of carbonyl (C=O) groups is 1. The molecular weight excluding hydrogens is 362 g/mol. The summed E-state index contributed by atoms with van der Waals surface area (Å²) in [6.07, 6.45) is 4.93. The number of thioether (sulfide) groups is 1. The number of pyridine rings is 1. The van der Waals surface area contributed by atoms with E-state index >= 15 is 0 Å². The van der Waals surface area contributed by atoms with Crippen molar-refractivity contribution in [1.82, 2.24) is 9.38 Å². The zero-order valence-corrected chi connectivity index (χ0v) is 16.3. The third kappa shape index (κ3) is 5.17. The fraction of sp³-hybridized carbons (Fsp3) is 0.300. The zero-order valence-electron chi connectivity index (χ0n) is 15.5. The maximum Gasteiger partial charge on any atom is 0.234 e. The second-order valence-electron chi connectivity index (χ2n) is 5.95. The Morgan fingerprint density at radius 1 is 1.26 bits per heavy atom. The van der Waals surface area contributed by atoms with Crippen molar-refractivity contribution < 1.29 is 14.3 Å². The molecule has 1 N–H and O–H groups in total. The first-order valence-electron chi connectivity index (χ1n) is 8.80. The van der Waals surface area contributed by atoms with Gasteiger partial charge in [-0.25, -0.2) is 4.98 Å². The predicted octanol–water partition coefficient (Wildman–Crippen LogP) is 4.00. The largest absolute Gasteiger partial charge is 0.493 e. The third-order valence-electron chi connectivity index (χ3n) is 3.82. The molecule has 0 unspecified atom stereocenters. The summed E-state index contributed by atoms with van der Waals surface area (Å²) < 4.78 is 13.2. The molecule has 7 heteroatoms. The Hall–Kier alpha value is -2.67. The van der Waals surface area contributed by atoms with E-state index in [1.165, 1.54) is 0 Å². The van der Waals surface area contributed by atoms with E-state index in [9.17, 15) is 4.79 Å². The highest BCUT2D eigenvalue weighted by atomic mass is 32.2. The molecule has 0 radical (unpaired) electrons. The topological polar surface area (TPSA) is 64.9 Å². The Balaban J connectivity index is 1.66. The van der Waals surface area contributed by atoms with Gasteiger partial charge in [0.25, 0.3) is 0 Å². The van der Waals surface area contributed by atoms with Gasteiger partial charge in [0.15, 0.2) is 11.5 Å². The summed E-state index contributed by atoms with van der Waals surface area (Å²) in [4.78, 5) is 16.5. The van der Waals surface area contributed by atoms with E-state index in [-0.39, 0.29) is 5.91 Å². The SMILES string of the molecule is CCCSCC(=O)Nc1ccc(OC)c(OCc2cn3ccccc3n2)c1. The normalized spacial score (nSPS) is 10.7. The fourth-order valence-corrected chi connectivity index (χ4v) is 3.27. The predicted molar refractivity (Wildman–Crippen MR) is 109 cm³/mol. The molecule has 1 aromatic carbocycles. The van der Waals surface area contributed by atoms with Gasteiger partial charge in [-0.2, -0.15) is 11.8 Å². The summed E-state index contributed by atoms with van der Waals surface area (Å²) in [6.45, 7) is 2.41. The Kier molecular flexibility index (Phi) is 6.59. The molecular formula is C20H23N3O3S. The first kappa shape index (κ1) is 19.1. The van der Waals surface area contributed by atoms with E-state index in [4.69, 9.17) is 9.47 Å². The summed E-state index contributed by atoms with van der Waals surface area (Å²) in [5, 5.41) is 2.90. The van der Waals surface area contributed by atoms with Gasteiger partial charge in [0.05, 0.1) is 18.6 Å². The molecule has 0 spiro atoms. The van der Waals surface area contributed by atoms with E-state index < -0.39 is 0 Å². The maximum atomic E-state index is 12.0. The van der Waals surface area contributed by atoms with Gasteiger partial charge in [-0.1, -0.05) is 13.0 Å². The van der Waals surface area contributed by atoms with Gasteiger partial charge < -0.3 is 19.2 Å². The standard InChI is InChI=1S/C20H23N3O3S/c1-3-10-27-14-20(24)22-15-7-8-17(25-2)18(11-15)26-13-16-12-23-9-5-4-6-19(23)21-16/h4-9,11-12H,3,10,13-14H2,1-2H3,(H,22,24). The average molecular weight is 385 g/mol. The monoisotopic (exact) mass is 385 g/mol. The lowest BCUT2D eigenvalue weighted by molar-refractivity contribution is -0.113. The highest BCUT2D eigenvalue weighted by Crippen LogP contribution is 2.31. The van der Waals surface area contributed by atoms with Crippen LogP contribution in [-0.2, 0) is 11.4 Å². The number of hydrogen-bond donors (Lipinski definition) is 1. The second kappa shape index (κ2) is 9.32. The summed E-state index contributed by atoms with van der Waals surface area (Å²) in [7, 11) is 1.59. The van der Waals surface area contributed by atoms with Crippen LogP contribution in [0, 0.1) is 0 Å². The quantitative estimate of drug-likeness (QED) is 0.564. The van der Waals surface area contributed by atoms with Gasteiger partial charge in [-0.3, -0.25) is 4.79 Å². The van der Waals surface area contributed by atoms with Crippen molar-refractivity contribution in [1.29, 1.82) is 0 Å². The first-order chi connectivity index (χ1) is 13.2. The van der Waals surface area contributed by atoms with Crippen LogP contribution < -0.4 is 14.8 Å². The minimum atomic E-state index is -0.0232. The lowest BCUT2D eigenvalue weighted by Crippen LogP contribution is -2.14. The fourth-order valence-electron chi connectivity index (χ4n) is 2.58. The van der Waals surface area contributed by atoms with Crippen LogP contribution in [0.5, 0.6) is 11.5 Å². The van der Waals surface area contributed by atoms with Crippen molar-refractivity contribution in [3.05, 3.63) is 54.5 Å². The number of nitrogens with one attached hydrogen (secondary N) is 1. The molecule has 0 aliphatic rings. The average Bonchev–Trinajstić information content (AvgIpc) is 3.10. The van der Waals surface area contributed by atoms with Gasteiger partial charge in [-0.15, -0.1) is 0 Å². The second-order valence-corrected chi connectivity index (χ2v) is 7.06. The van der Waals surface area contributed by atoms with Gasteiger partial charge >= 0.3 is 0 Å². The number of fused-ring (bicyclic) bond motifs is 1. The van der Waals surface area contributed by atoms with Gasteiger partial charge in [0, 0.05) is 24.1 Å². The van der Waals surface area contributed by atoms with Crippen molar-refractivity contribution in [3.63, 3.8) is 0 Å². The summed E-state index contributed by atoms with van der Waals surface area (Å²) in [5.41, 5.74) is 2.37. The van der Waals surface area contributed by atoms with Crippen LogP contribution in [0.25, 0.3) is 5.65 Å². The van der Waals surface area contributed by atoms with Crippen LogP contribution >= 0.6 is 11.8 Å². The van der Waals surface area contributed by atoms with Crippen LogP contribution in [0.15, 0.2) is 48.8 Å². The first-order valence-corrected chi connectivity index (χ1v) is 9.96. The van der Waals surface area contributed by atoms with E-state index in [0.717, 1.165) is 23.5 Å². The molecule has 0 atom stereocenters. The van der Waals surface area contributed by atoms with Gasteiger partial charge in [0.1, 0.15) is 12.3 Å². The number of hydrogen-bond acceptors (Lipinski definition) is 5. The number of methoxy groups -OCH3 is 1. The molecule has 0 aliphatic carbocycles. The number of benzene rings is 1. The number of anilines is 1. The molecule has 0 saturated carbocycles. The molecule has 1 amide bonds. The molecule has 0 fully saturated rings. The Morgan fingerprint density at radius 3 is 2.93 bits per heavy atom. The maximum absolute atomic E-state index is 12.0. The van der Waals surface area contributed by atoms with Crippen molar-refractivity contribution in [3.8, 4) is 11.5 Å². The molecule has 6 nitrogen and oxygen atoms in total. The van der Waals surface area contributed by atoms with Crippen molar-refractivity contribution in [2.24, 2.45) is 0 Å². The Labute approximate surface area is 162 Å². The number of ether oxygens (including phenoxy) is 2. The lowest BCUT2D eigenvalue weighted by Gasteiger charge is -2.12. The molecule has 0 saturated heterocycles. The minimum Gasteiger partial charge on any atom is -0.493 e.